The second kappa shape index (κ2) is 8.85. The van der Waals surface area contributed by atoms with Crippen LogP contribution >= 0.6 is 23.4 Å². The standard InChI is InChI=1S/C21H30ClN5O2S/c1-4-26-7-9-27(10-8-26)18-12-17-16(11-15(18)22)24-19(25-17)30-21(2)6-5-14(13-21)23-20(28)29-3/h11-12,14H,4-10,13H2,1-3H3,(H,23,28)(H,24,25). The normalized spacial score (nSPS) is 25.1. The van der Waals surface area contributed by atoms with Crippen LogP contribution in [0.5, 0.6) is 0 Å². The number of piperazine rings is 1. The Morgan fingerprint density at radius 3 is 2.87 bits per heavy atom. The number of anilines is 1. The molecule has 1 aromatic carbocycles. The number of halogens is 1. The Morgan fingerprint density at radius 2 is 2.17 bits per heavy atom. The van der Waals surface area contributed by atoms with E-state index in [-0.39, 0.29) is 16.9 Å². The van der Waals surface area contributed by atoms with Crippen molar-refractivity contribution in [2.75, 3.05) is 44.7 Å². The zero-order chi connectivity index (χ0) is 21.3. The lowest BCUT2D eigenvalue weighted by atomic mass is 10.1. The van der Waals surface area contributed by atoms with Crippen molar-refractivity contribution in [3.05, 3.63) is 17.2 Å². The Labute approximate surface area is 186 Å². The number of alkyl carbamates (subject to hydrolysis) is 1. The fourth-order valence-corrected chi connectivity index (χ4v) is 6.03. The molecule has 164 valence electrons. The first-order chi connectivity index (χ1) is 14.4. The molecule has 2 aromatic rings. The number of hydrogen-bond donors (Lipinski definition) is 2. The second-order valence-corrected chi connectivity index (χ2v) is 10.4. The fourth-order valence-electron chi connectivity index (χ4n) is 4.47. The predicted molar refractivity (Wildman–Crippen MR) is 123 cm³/mol. The minimum atomic E-state index is -0.361. The van der Waals surface area contributed by atoms with E-state index < -0.39 is 0 Å². The van der Waals surface area contributed by atoms with E-state index in [1.54, 1.807) is 11.8 Å². The molecule has 7 nitrogen and oxygen atoms in total. The number of carbonyl (C=O) groups excluding carboxylic acids is 1. The molecule has 0 bridgehead atoms. The number of ether oxygens (including phenoxy) is 1. The van der Waals surface area contributed by atoms with Gasteiger partial charge in [0.2, 0.25) is 0 Å². The number of aromatic amines is 1. The minimum Gasteiger partial charge on any atom is -0.453 e. The van der Waals surface area contributed by atoms with Gasteiger partial charge in [-0.25, -0.2) is 9.78 Å². The molecule has 1 amide bonds. The number of H-pyrrole nitrogens is 1. The van der Waals surface area contributed by atoms with Crippen molar-refractivity contribution in [3.63, 3.8) is 0 Å². The van der Waals surface area contributed by atoms with Gasteiger partial charge in [-0.1, -0.05) is 30.3 Å². The number of aromatic nitrogens is 2. The first-order valence-corrected chi connectivity index (χ1v) is 11.8. The number of benzene rings is 1. The summed E-state index contributed by atoms with van der Waals surface area (Å²) in [6.07, 6.45) is 2.48. The number of nitrogens with one attached hydrogen (secondary N) is 2. The van der Waals surface area contributed by atoms with Gasteiger partial charge >= 0.3 is 6.09 Å². The van der Waals surface area contributed by atoms with E-state index in [1.807, 2.05) is 6.07 Å². The van der Waals surface area contributed by atoms with Crippen LogP contribution in [0.4, 0.5) is 10.5 Å². The summed E-state index contributed by atoms with van der Waals surface area (Å²) in [5.74, 6) is 0. The van der Waals surface area contributed by atoms with Gasteiger partial charge in [-0.3, -0.25) is 0 Å². The molecular weight excluding hydrogens is 422 g/mol. The van der Waals surface area contributed by atoms with Gasteiger partial charge in [0.05, 0.1) is 28.9 Å². The van der Waals surface area contributed by atoms with E-state index >= 15 is 0 Å². The zero-order valence-corrected chi connectivity index (χ0v) is 19.4. The lowest BCUT2D eigenvalue weighted by molar-refractivity contribution is 0.166. The van der Waals surface area contributed by atoms with E-state index in [1.165, 1.54) is 7.11 Å². The monoisotopic (exact) mass is 451 g/mol. The van der Waals surface area contributed by atoms with Gasteiger partial charge in [0.25, 0.3) is 0 Å². The highest BCUT2D eigenvalue weighted by Gasteiger charge is 2.37. The van der Waals surface area contributed by atoms with Gasteiger partial charge in [-0.2, -0.15) is 0 Å². The van der Waals surface area contributed by atoms with Gasteiger partial charge in [0.1, 0.15) is 0 Å². The van der Waals surface area contributed by atoms with Crippen molar-refractivity contribution < 1.29 is 9.53 Å². The molecule has 9 heteroatoms. The molecule has 2 fully saturated rings. The Kier molecular flexibility index (Phi) is 6.36. The second-order valence-electron chi connectivity index (χ2n) is 8.41. The third-order valence-electron chi connectivity index (χ3n) is 6.24. The molecule has 0 spiro atoms. The van der Waals surface area contributed by atoms with Crippen LogP contribution in [0.25, 0.3) is 11.0 Å². The van der Waals surface area contributed by atoms with E-state index in [4.69, 9.17) is 21.3 Å². The average Bonchev–Trinajstić information content (AvgIpc) is 3.29. The van der Waals surface area contributed by atoms with Crippen LogP contribution in [-0.4, -0.2) is 71.6 Å². The maximum atomic E-state index is 11.5. The zero-order valence-electron chi connectivity index (χ0n) is 17.8. The number of methoxy groups -OCH3 is 1. The molecule has 2 aliphatic rings. The van der Waals surface area contributed by atoms with Crippen molar-refractivity contribution >= 4 is 46.2 Å². The van der Waals surface area contributed by atoms with Crippen LogP contribution < -0.4 is 10.2 Å². The quantitative estimate of drug-likeness (QED) is 0.712. The molecule has 1 aliphatic heterocycles. The molecule has 0 radical (unpaired) electrons. The van der Waals surface area contributed by atoms with E-state index in [9.17, 15) is 4.79 Å². The molecule has 30 heavy (non-hydrogen) atoms. The van der Waals surface area contributed by atoms with Crippen LogP contribution in [0.3, 0.4) is 0 Å². The molecule has 1 aliphatic carbocycles. The third kappa shape index (κ3) is 4.65. The molecule has 1 saturated heterocycles. The Morgan fingerprint density at radius 1 is 1.40 bits per heavy atom. The summed E-state index contributed by atoms with van der Waals surface area (Å²) < 4.78 is 4.75. The van der Waals surface area contributed by atoms with Crippen molar-refractivity contribution in [1.82, 2.24) is 20.2 Å². The number of imidazole rings is 1. The molecule has 1 aromatic heterocycles. The molecule has 4 rings (SSSR count). The lowest BCUT2D eigenvalue weighted by Crippen LogP contribution is -2.46. The van der Waals surface area contributed by atoms with Gasteiger partial charge in [0, 0.05) is 37.0 Å². The molecule has 2 unspecified atom stereocenters. The highest BCUT2D eigenvalue weighted by molar-refractivity contribution is 8.00. The van der Waals surface area contributed by atoms with Crippen LogP contribution in [-0.2, 0) is 4.74 Å². The van der Waals surface area contributed by atoms with Gasteiger partial charge in [-0.05, 0) is 44.9 Å². The summed E-state index contributed by atoms with van der Waals surface area (Å²) in [6.45, 7) is 9.62. The van der Waals surface area contributed by atoms with Crippen molar-refractivity contribution in [3.8, 4) is 0 Å². The lowest BCUT2D eigenvalue weighted by Gasteiger charge is -2.35. The smallest absolute Gasteiger partial charge is 0.407 e. The fraction of sp³-hybridized carbons (Fsp3) is 0.619. The number of hydrogen-bond acceptors (Lipinski definition) is 6. The summed E-state index contributed by atoms with van der Waals surface area (Å²) in [7, 11) is 1.40. The highest BCUT2D eigenvalue weighted by atomic mass is 35.5. The number of rotatable bonds is 5. The van der Waals surface area contributed by atoms with Crippen molar-refractivity contribution in [2.24, 2.45) is 0 Å². The number of thioether (sulfide) groups is 1. The summed E-state index contributed by atoms with van der Waals surface area (Å²) in [6, 6.07) is 4.24. The molecule has 1 saturated carbocycles. The molecule has 2 atom stereocenters. The average molecular weight is 452 g/mol. The number of carbonyl (C=O) groups is 1. The van der Waals surface area contributed by atoms with E-state index in [0.717, 1.165) is 78.9 Å². The van der Waals surface area contributed by atoms with E-state index in [0.29, 0.717) is 0 Å². The Hall–Kier alpha value is -1.64. The third-order valence-corrected chi connectivity index (χ3v) is 7.79. The van der Waals surface area contributed by atoms with Crippen LogP contribution in [0.2, 0.25) is 5.02 Å². The Balaban J connectivity index is 1.47. The number of amides is 1. The predicted octanol–water partition coefficient (Wildman–Crippen LogP) is 4.12. The first-order valence-electron chi connectivity index (χ1n) is 10.6. The Bertz CT molecular complexity index is 914. The molecule has 2 heterocycles. The maximum absolute atomic E-state index is 11.5. The minimum absolute atomic E-state index is 0.0165. The van der Waals surface area contributed by atoms with E-state index in [2.05, 4.69) is 40.0 Å². The largest absolute Gasteiger partial charge is 0.453 e. The number of nitrogens with zero attached hydrogens (tertiary/aromatic N) is 3. The summed E-state index contributed by atoms with van der Waals surface area (Å²) in [5.41, 5.74) is 2.97. The van der Waals surface area contributed by atoms with Crippen molar-refractivity contribution in [1.29, 1.82) is 0 Å². The van der Waals surface area contributed by atoms with Gasteiger partial charge in [0.15, 0.2) is 5.16 Å². The van der Waals surface area contributed by atoms with Crippen LogP contribution in [0.15, 0.2) is 17.3 Å². The highest BCUT2D eigenvalue weighted by Crippen LogP contribution is 2.45. The molecule has 2 N–H and O–H groups in total. The van der Waals surface area contributed by atoms with Crippen LogP contribution in [0, 0.1) is 0 Å². The first kappa shape index (κ1) is 21.6. The molecular formula is C21H30ClN5O2S. The summed E-state index contributed by atoms with van der Waals surface area (Å²) in [5, 5.41) is 4.59. The summed E-state index contributed by atoms with van der Waals surface area (Å²) in [4.78, 5) is 24.6. The number of likely N-dealkylation sites (N-methyl/N-ethyl adjacent to an activating group) is 1. The maximum Gasteiger partial charge on any atom is 0.407 e. The van der Waals surface area contributed by atoms with Crippen molar-refractivity contribution in [2.45, 2.75) is 49.1 Å². The topological polar surface area (TPSA) is 73.5 Å². The summed E-state index contributed by atoms with van der Waals surface area (Å²) >= 11 is 8.38. The van der Waals surface area contributed by atoms with Gasteiger partial charge in [-0.15, -0.1) is 0 Å². The van der Waals surface area contributed by atoms with Gasteiger partial charge < -0.3 is 24.8 Å². The number of fused-ring (bicyclic) bond motifs is 1. The van der Waals surface area contributed by atoms with Crippen LogP contribution in [0.1, 0.15) is 33.1 Å². The SMILES string of the molecule is CCN1CCN(c2cc3nc(SC4(C)CCC(NC(=O)OC)C4)[nH]c3cc2Cl)CC1.